The molecule has 2 fully saturated rings. The number of hydrogen-bond donors (Lipinski definition) is 1. The number of hydrogen-bond acceptors (Lipinski definition) is 3. The highest BCUT2D eigenvalue weighted by Gasteiger charge is 2.43. The predicted molar refractivity (Wildman–Crippen MR) is 73.2 cm³/mol. The van der Waals surface area contributed by atoms with Crippen LogP contribution in [0.4, 0.5) is 0 Å². The monoisotopic (exact) mass is 262 g/mol. The largest absolute Gasteiger partial charge is 0.494 e. The van der Waals surface area contributed by atoms with Crippen LogP contribution in [-0.4, -0.2) is 29.5 Å². The molecule has 2 heterocycles. The molecule has 2 aliphatic rings. The van der Waals surface area contributed by atoms with Gasteiger partial charge in [0.1, 0.15) is 5.75 Å². The first-order valence-corrected chi connectivity index (χ1v) is 7.29. The van der Waals surface area contributed by atoms with Crippen LogP contribution < -0.4 is 4.74 Å². The Morgan fingerprint density at radius 2 is 1.84 bits per heavy atom. The molecule has 1 N–H and O–H groups in total. The SMILES string of the molecule is OC1(CCCOc2ccccc2)CC2CCC(C1)O2. The molecule has 0 aromatic heterocycles. The first kappa shape index (κ1) is 12.9. The van der Waals surface area contributed by atoms with Crippen molar-refractivity contribution in [2.75, 3.05) is 6.61 Å². The number of benzene rings is 1. The molecule has 0 amide bonds. The van der Waals surface area contributed by atoms with E-state index in [1.54, 1.807) is 0 Å². The van der Waals surface area contributed by atoms with Gasteiger partial charge in [0.05, 0.1) is 24.4 Å². The molecule has 2 unspecified atom stereocenters. The zero-order valence-corrected chi connectivity index (χ0v) is 11.3. The molecule has 1 aromatic rings. The Bertz CT molecular complexity index is 392. The van der Waals surface area contributed by atoms with Crippen LogP contribution in [0.3, 0.4) is 0 Å². The summed E-state index contributed by atoms with van der Waals surface area (Å²) in [6, 6.07) is 9.85. The maximum absolute atomic E-state index is 10.6. The molecular weight excluding hydrogens is 240 g/mol. The van der Waals surface area contributed by atoms with E-state index in [1.807, 2.05) is 30.3 Å². The molecule has 3 rings (SSSR count). The summed E-state index contributed by atoms with van der Waals surface area (Å²) in [6.45, 7) is 0.669. The van der Waals surface area contributed by atoms with E-state index in [9.17, 15) is 5.11 Å². The van der Waals surface area contributed by atoms with Crippen molar-refractivity contribution in [3.63, 3.8) is 0 Å². The molecule has 2 atom stereocenters. The van der Waals surface area contributed by atoms with Gasteiger partial charge in [-0.25, -0.2) is 0 Å². The van der Waals surface area contributed by atoms with Crippen LogP contribution in [0.1, 0.15) is 38.5 Å². The summed E-state index contributed by atoms with van der Waals surface area (Å²) >= 11 is 0. The van der Waals surface area contributed by atoms with E-state index in [0.717, 1.165) is 44.3 Å². The highest BCUT2D eigenvalue weighted by atomic mass is 16.5. The highest BCUT2D eigenvalue weighted by molar-refractivity contribution is 5.20. The molecular formula is C16H22O3. The van der Waals surface area contributed by atoms with Crippen molar-refractivity contribution in [3.05, 3.63) is 30.3 Å². The Hall–Kier alpha value is -1.06. The molecule has 3 heteroatoms. The third-order valence-electron chi connectivity index (χ3n) is 4.21. The molecule has 2 aliphatic heterocycles. The zero-order chi connectivity index (χ0) is 13.1. The Morgan fingerprint density at radius 3 is 2.53 bits per heavy atom. The number of rotatable bonds is 5. The smallest absolute Gasteiger partial charge is 0.119 e. The fourth-order valence-corrected chi connectivity index (χ4v) is 3.32. The summed E-state index contributed by atoms with van der Waals surface area (Å²) in [5.74, 6) is 0.904. The summed E-state index contributed by atoms with van der Waals surface area (Å²) in [4.78, 5) is 0. The first-order chi connectivity index (χ1) is 9.23. The molecule has 0 aliphatic carbocycles. The van der Waals surface area contributed by atoms with Crippen molar-refractivity contribution in [1.82, 2.24) is 0 Å². The van der Waals surface area contributed by atoms with Crippen LogP contribution in [0.2, 0.25) is 0 Å². The van der Waals surface area contributed by atoms with Crippen molar-refractivity contribution in [3.8, 4) is 5.75 Å². The van der Waals surface area contributed by atoms with Gasteiger partial charge in [-0.1, -0.05) is 18.2 Å². The van der Waals surface area contributed by atoms with Crippen molar-refractivity contribution < 1.29 is 14.6 Å². The van der Waals surface area contributed by atoms with Crippen LogP contribution in [0, 0.1) is 0 Å². The van der Waals surface area contributed by atoms with Gasteiger partial charge in [-0.3, -0.25) is 0 Å². The van der Waals surface area contributed by atoms with Gasteiger partial charge in [-0.2, -0.15) is 0 Å². The lowest BCUT2D eigenvalue weighted by atomic mass is 9.86. The summed E-state index contributed by atoms with van der Waals surface area (Å²) < 4.78 is 11.4. The summed E-state index contributed by atoms with van der Waals surface area (Å²) in [5.41, 5.74) is -0.524. The van der Waals surface area contributed by atoms with Gasteiger partial charge in [-0.05, 0) is 37.8 Å². The van der Waals surface area contributed by atoms with Gasteiger partial charge in [-0.15, -0.1) is 0 Å². The Labute approximate surface area is 114 Å². The molecule has 104 valence electrons. The van der Waals surface area contributed by atoms with Gasteiger partial charge < -0.3 is 14.6 Å². The minimum Gasteiger partial charge on any atom is -0.494 e. The fourth-order valence-electron chi connectivity index (χ4n) is 3.32. The molecule has 0 saturated carbocycles. The molecule has 19 heavy (non-hydrogen) atoms. The van der Waals surface area contributed by atoms with Crippen LogP contribution in [0.15, 0.2) is 30.3 Å². The lowest BCUT2D eigenvalue weighted by Crippen LogP contribution is -2.41. The van der Waals surface area contributed by atoms with Gasteiger partial charge in [0.25, 0.3) is 0 Å². The van der Waals surface area contributed by atoms with E-state index in [4.69, 9.17) is 9.47 Å². The Morgan fingerprint density at radius 1 is 1.16 bits per heavy atom. The fraction of sp³-hybridized carbons (Fsp3) is 0.625. The minimum absolute atomic E-state index is 0.291. The molecule has 1 aromatic carbocycles. The van der Waals surface area contributed by atoms with Crippen molar-refractivity contribution in [2.24, 2.45) is 0 Å². The number of aliphatic hydroxyl groups is 1. The van der Waals surface area contributed by atoms with Gasteiger partial charge >= 0.3 is 0 Å². The second-order valence-corrected chi connectivity index (χ2v) is 5.86. The van der Waals surface area contributed by atoms with Crippen LogP contribution in [0.25, 0.3) is 0 Å². The maximum Gasteiger partial charge on any atom is 0.119 e. The minimum atomic E-state index is -0.524. The average molecular weight is 262 g/mol. The van der Waals surface area contributed by atoms with E-state index in [2.05, 4.69) is 0 Å². The van der Waals surface area contributed by atoms with E-state index < -0.39 is 5.60 Å². The standard InChI is InChI=1S/C16H22O3/c17-16(11-14-7-8-15(12-16)19-14)9-4-10-18-13-5-2-1-3-6-13/h1-3,5-6,14-15,17H,4,7-12H2. The van der Waals surface area contributed by atoms with E-state index in [1.165, 1.54) is 0 Å². The van der Waals surface area contributed by atoms with Crippen LogP contribution in [0.5, 0.6) is 5.75 Å². The van der Waals surface area contributed by atoms with Crippen LogP contribution in [-0.2, 0) is 4.74 Å². The lowest BCUT2D eigenvalue weighted by molar-refractivity contribution is -0.115. The Balaban J connectivity index is 1.42. The number of ether oxygens (including phenoxy) is 2. The zero-order valence-electron chi connectivity index (χ0n) is 11.3. The van der Waals surface area contributed by atoms with E-state index in [-0.39, 0.29) is 0 Å². The van der Waals surface area contributed by atoms with Crippen molar-refractivity contribution in [2.45, 2.75) is 56.3 Å². The van der Waals surface area contributed by atoms with Gasteiger partial charge in [0, 0.05) is 12.8 Å². The van der Waals surface area contributed by atoms with Gasteiger partial charge in [0.2, 0.25) is 0 Å². The van der Waals surface area contributed by atoms with Crippen LogP contribution >= 0.6 is 0 Å². The highest BCUT2D eigenvalue weighted by Crippen LogP contribution is 2.40. The summed E-state index contributed by atoms with van der Waals surface area (Å²) in [6.07, 6.45) is 6.13. The topological polar surface area (TPSA) is 38.7 Å². The number of para-hydroxylation sites is 1. The molecule has 0 spiro atoms. The van der Waals surface area contributed by atoms with E-state index in [0.29, 0.717) is 18.8 Å². The third-order valence-corrected chi connectivity index (χ3v) is 4.21. The molecule has 2 saturated heterocycles. The average Bonchev–Trinajstić information content (AvgIpc) is 2.76. The predicted octanol–water partition coefficient (Wildman–Crippen LogP) is 2.92. The lowest BCUT2D eigenvalue weighted by Gasteiger charge is -2.36. The first-order valence-electron chi connectivity index (χ1n) is 7.29. The molecule has 3 nitrogen and oxygen atoms in total. The molecule has 0 radical (unpaired) electrons. The molecule has 2 bridgehead atoms. The van der Waals surface area contributed by atoms with Gasteiger partial charge in [0.15, 0.2) is 0 Å². The normalized spacial score (nSPS) is 33.3. The summed E-state index contributed by atoms with van der Waals surface area (Å²) in [5, 5.41) is 10.6. The van der Waals surface area contributed by atoms with E-state index >= 15 is 0 Å². The Kier molecular flexibility index (Phi) is 3.76. The number of fused-ring (bicyclic) bond motifs is 2. The third kappa shape index (κ3) is 3.28. The van der Waals surface area contributed by atoms with Crippen molar-refractivity contribution in [1.29, 1.82) is 0 Å². The van der Waals surface area contributed by atoms with Crippen molar-refractivity contribution >= 4 is 0 Å². The maximum atomic E-state index is 10.6. The quantitative estimate of drug-likeness (QED) is 0.829. The second-order valence-electron chi connectivity index (χ2n) is 5.86. The summed E-state index contributed by atoms with van der Waals surface area (Å²) in [7, 11) is 0. The second kappa shape index (κ2) is 5.51.